The van der Waals surface area contributed by atoms with Crippen LogP contribution in [0.25, 0.3) is 0 Å². The Morgan fingerprint density at radius 1 is 1.20 bits per heavy atom. The van der Waals surface area contributed by atoms with Crippen LogP contribution in [-0.2, 0) is 6.42 Å². The second-order valence-corrected chi connectivity index (χ2v) is 4.18. The van der Waals surface area contributed by atoms with Crippen molar-refractivity contribution < 1.29 is 9.53 Å². The highest BCUT2D eigenvalue weighted by Crippen LogP contribution is 2.14. The Balaban J connectivity index is 1.74. The molecule has 0 aliphatic heterocycles. The first kappa shape index (κ1) is 13.9. The number of rotatable bonds is 5. The topological polar surface area (TPSA) is 63.2 Å². The lowest BCUT2D eigenvalue weighted by atomic mass is 10.3. The molecule has 0 saturated heterocycles. The number of anilines is 1. The van der Waals surface area contributed by atoms with Gasteiger partial charge in [0.15, 0.2) is 0 Å². The molecular weight excluding hydrogens is 254 g/mol. The van der Waals surface area contributed by atoms with E-state index in [-0.39, 0.29) is 6.03 Å². The first-order valence-electron chi connectivity index (χ1n) is 6.37. The van der Waals surface area contributed by atoms with Crippen molar-refractivity contribution in [1.29, 1.82) is 0 Å². The Bertz CT molecular complexity index is 541. The van der Waals surface area contributed by atoms with E-state index in [1.165, 1.54) is 0 Å². The second kappa shape index (κ2) is 7.13. The molecule has 2 aromatic rings. The number of ether oxygens (including phenoxy) is 1. The van der Waals surface area contributed by atoms with Gasteiger partial charge in [0.2, 0.25) is 0 Å². The lowest BCUT2D eigenvalue weighted by molar-refractivity contribution is 0.252. The molecule has 1 aromatic heterocycles. The number of hydrogen-bond acceptors (Lipinski definition) is 3. The van der Waals surface area contributed by atoms with Crippen LogP contribution in [0, 0.1) is 0 Å². The van der Waals surface area contributed by atoms with Crippen molar-refractivity contribution in [2.45, 2.75) is 6.42 Å². The average Bonchev–Trinajstić information content (AvgIpc) is 2.49. The number of urea groups is 1. The van der Waals surface area contributed by atoms with E-state index in [2.05, 4.69) is 15.6 Å². The first-order chi connectivity index (χ1) is 9.78. The SMILES string of the molecule is COc1ccc(NC(=O)NCCc2ccccn2)cc1. The van der Waals surface area contributed by atoms with E-state index in [1.54, 1.807) is 37.6 Å². The summed E-state index contributed by atoms with van der Waals surface area (Å²) < 4.78 is 5.05. The third-order valence-electron chi connectivity index (χ3n) is 2.74. The fourth-order valence-electron chi connectivity index (χ4n) is 1.70. The van der Waals surface area contributed by atoms with Crippen LogP contribution in [0.5, 0.6) is 5.75 Å². The maximum Gasteiger partial charge on any atom is 0.319 e. The molecule has 0 aliphatic carbocycles. The Morgan fingerprint density at radius 2 is 2.00 bits per heavy atom. The molecule has 2 amide bonds. The summed E-state index contributed by atoms with van der Waals surface area (Å²) in [5.41, 5.74) is 1.68. The van der Waals surface area contributed by atoms with E-state index < -0.39 is 0 Å². The Labute approximate surface area is 118 Å². The molecule has 1 aromatic carbocycles. The minimum Gasteiger partial charge on any atom is -0.497 e. The number of nitrogens with zero attached hydrogens (tertiary/aromatic N) is 1. The van der Waals surface area contributed by atoms with Gasteiger partial charge < -0.3 is 15.4 Å². The number of carbonyl (C=O) groups excluding carboxylic acids is 1. The van der Waals surface area contributed by atoms with Crippen LogP contribution < -0.4 is 15.4 Å². The number of nitrogens with one attached hydrogen (secondary N) is 2. The van der Waals surface area contributed by atoms with Crippen LogP contribution in [0.1, 0.15) is 5.69 Å². The first-order valence-corrected chi connectivity index (χ1v) is 6.37. The third-order valence-corrected chi connectivity index (χ3v) is 2.74. The lowest BCUT2D eigenvalue weighted by Gasteiger charge is -2.08. The minimum atomic E-state index is -0.230. The third kappa shape index (κ3) is 4.28. The van der Waals surface area contributed by atoms with E-state index >= 15 is 0 Å². The fraction of sp³-hybridized carbons (Fsp3) is 0.200. The number of aromatic nitrogens is 1. The molecule has 0 aliphatic rings. The Hall–Kier alpha value is -2.56. The van der Waals surface area contributed by atoms with Gasteiger partial charge >= 0.3 is 6.03 Å². The smallest absolute Gasteiger partial charge is 0.319 e. The van der Waals surface area contributed by atoms with Gasteiger partial charge in [-0.15, -0.1) is 0 Å². The van der Waals surface area contributed by atoms with Gasteiger partial charge in [0, 0.05) is 30.5 Å². The van der Waals surface area contributed by atoms with Crippen LogP contribution in [0.15, 0.2) is 48.7 Å². The van der Waals surface area contributed by atoms with Gasteiger partial charge in [0.05, 0.1) is 7.11 Å². The van der Waals surface area contributed by atoms with Crippen molar-refractivity contribution >= 4 is 11.7 Å². The van der Waals surface area contributed by atoms with Crippen LogP contribution >= 0.6 is 0 Å². The highest BCUT2D eigenvalue weighted by atomic mass is 16.5. The molecule has 0 bridgehead atoms. The van der Waals surface area contributed by atoms with Crippen LogP contribution in [-0.4, -0.2) is 24.7 Å². The molecule has 0 atom stereocenters. The van der Waals surface area contributed by atoms with Crippen molar-refractivity contribution in [1.82, 2.24) is 10.3 Å². The summed E-state index contributed by atoms with van der Waals surface area (Å²) in [6.07, 6.45) is 2.45. The zero-order valence-corrected chi connectivity index (χ0v) is 11.3. The van der Waals surface area contributed by atoms with Crippen LogP contribution in [0.3, 0.4) is 0 Å². The monoisotopic (exact) mass is 271 g/mol. The van der Waals surface area contributed by atoms with Crippen molar-refractivity contribution in [3.05, 3.63) is 54.4 Å². The van der Waals surface area contributed by atoms with Gasteiger partial charge in [0.25, 0.3) is 0 Å². The molecule has 2 rings (SSSR count). The summed E-state index contributed by atoms with van der Waals surface area (Å²) in [4.78, 5) is 15.9. The van der Waals surface area contributed by atoms with Gasteiger partial charge in [-0.2, -0.15) is 0 Å². The number of carbonyl (C=O) groups is 1. The standard InChI is InChI=1S/C15H17N3O2/c1-20-14-7-5-13(6-8-14)18-15(19)17-11-9-12-4-2-3-10-16-12/h2-8,10H,9,11H2,1H3,(H2,17,18,19). The molecule has 5 heteroatoms. The molecule has 0 spiro atoms. The summed E-state index contributed by atoms with van der Waals surface area (Å²) >= 11 is 0. The van der Waals surface area contributed by atoms with Gasteiger partial charge in [-0.25, -0.2) is 4.79 Å². The minimum absolute atomic E-state index is 0.230. The van der Waals surface area contributed by atoms with Crippen molar-refractivity contribution in [3.8, 4) is 5.75 Å². The summed E-state index contributed by atoms with van der Waals surface area (Å²) in [6.45, 7) is 0.541. The highest BCUT2D eigenvalue weighted by Gasteiger charge is 2.01. The van der Waals surface area contributed by atoms with E-state index in [0.29, 0.717) is 13.0 Å². The van der Waals surface area contributed by atoms with Crippen molar-refractivity contribution in [3.63, 3.8) is 0 Å². The predicted molar refractivity (Wildman–Crippen MR) is 78.0 cm³/mol. The molecule has 104 valence electrons. The lowest BCUT2D eigenvalue weighted by Crippen LogP contribution is -2.30. The number of methoxy groups -OCH3 is 1. The van der Waals surface area contributed by atoms with Crippen LogP contribution in [0.2, 0.25) is 0 Å². The van der Waals surface area contributed by atoms with E-state index in [4.69, 9.17) is 4.74 Å². The average molecular weight is 271 g/mol. The number of benzene rings is 1. The predicted octanol–water partition coefficient (Wildman–Crippen LogP) is 2.45. The molecule has 0 radical (unpaired) electrons. The van der Waals surface area contributed by atoms with Gasteiger partial charge in [0.1, 0.15) is 5.75 Å². The Kier molecular flexibility index (Phi) is 4.94. The molecule has 5 nitrogen and oxygen atoms in total. The largest absolute Gasteiger partial charge is 0.497 e. The summed E-state index contributed by atoms with van der Waals surface area (Å²) in [6, 6.07) is 12.7. The highest BCUT2D eigenvalue weighted by molar-refractivity contribution is 5.89. The van der Waals surface area contributed by atoms with E-state index in [1.807, 2.05) is 18.2 Å². The molecular formula is C15H17N3O2. The van der Waals surface area contributed by atoms with Crippen LogP contribution in [0.4, 0.5) is 10.5 Å². The molecule has 20 heavy (non-hydrogen) atoms. The summed E-state index contributed by atoms with van der Waals surface area (Å²) in [5.74, 6) is 0.756. The molecule has 1 heterocycles. The van der Waals surface area contributed by atoms with Gasteiger partial charge in [-0.1, -0.05) is 6.07 Å². The number of amides is 2. The maximum atomic E-state index is 11.7. The van der Waals surface area contributed by atoms with Crippen molar-refractivity contribution in [2.75, 3.05) is 19.0 Å². The maximum absolute atomic E-state index is 11.7. The van der Waals surface area contributed by atoms with Gasteiger partial charge in [-0.05, 0) is 36.4 Å². The zero-order valence-electron chi connectivity index (χ0n) is 11.3. The van der Waals surface area contributed by atoms with Crippen molar-refractivity contribution in [2.24, 2.45) is 0 Å². The number of pyridine rings is 1. The van der Waals surface area contributed by atoms with E-state index in [9.17, 15) is 4.79 Å². The fourth-order valence-corrected chi connectivity index (χ4v) is 1.70. The second-order valence-electron chi connectivity index (χ2n) is 4.18. The summed E-state index contributed by atoms with van der Waals surface area (Å²) in [7, 11) is 1.60. The molecule has 0 fully saturated rings. The molecule has 0 unspecified atom stereocenters. The zero-order chi connectivity index (χ0) is 14.2. The quantitative estimate of drug-likeness (QED) is 0.878. The normalized spacial score (nSPS) is 9.85. The summed E-state index contributed by atoms with van der Waals surface area (Å²) in [5, 5.41) is 5.54. The molecule has 0 saturated carbocycles. The Morgan fingerprint density at radius 3 is 2.65 bits per heavy atom. The molecule has 2 N–H and O–H groups in total. The van der Waals surface area contributed by atoms with E-state index in [0.717, 1.165) is 17.1 Å². The number of hydrogen-bond donors (Lipinski definition) is 2. The van der Waals surface area contributed by atoms with Gasteiger partial charge in [-0.3, -0.25) is 4.98 Å².